The molecule has 0 heterocycles. The average Bonchev–Trinajstić information content (AvgIpc) is 2.75. The summed E-state index contributed by atoms with van der Waals surface area (Å²) >= 11 is 0. The highest BCUT2D eigenvalue weighted by Crippen LogP contribution is 2.37. The van der Waals surface area contributed by atoms with Gasteiger partial charge in [-0.05, 0) is 41.5 Å². The fraction of sp³-hybridized carbons (Fsp3) is 0.217. The summed E-state index contributed by atoms with van der Waals surface area (Å²) < 4.78 is 84.4. The van der Waals surface area contributed by atoms with Crippen LogP contribution in [0.3, 0.4) is 0 Å². The minimum absolute atomic E-state index is 0.0590. The Morgan fingerprint density at radius 1 is 0.750 bits per heavy atom. The number of alkyl halides is 6. The van der Waals surface area contributed by atoms with Crippen LogP contribution in [0.1, 0.15) is 27.8 Å². The summed E-state index contributed by atoms with van der Waals surface area (Å²) in [5.41, 5.74) is 4.79. The Balaban J connectivity index is 1.85. The molecule has 0 bridgehead atoms. The lowest BCUT2D eigenvalue weighted by Crippen LogP contribution is -2.12. The van der Waals surface area contributed by atoms with Crippen molar-refractivity contribution in [2.45, 2.75) is 32.0 Å². The maximum atomic E-state index is 13.1. The molecule has 3 aromatic carbocycles. The molecule has 32 heavy (non-hydrogen) atoms. The average molecular weight is 454 g/mol. The molecule has 0 fully saturated rings. The molecule has 9 heteroatoms. The van der Waals surface area contributed by atoms with Crippen LogP contribution in [0.2, 0.25) is 0 Å². The van der Waals surface area contributed by atoms with Gasteiger partial charge < -0.3 is 15.8 Å². The summed E-state index contributed by atoms with van der Waals surface area (Å²) in [6.07, 6.45) is -9.83. The first-order valence-corrected chi connectivity index (χ1v) is 9.58. The van der Waals surface area contributed by atoms with E-state index in [-0.39, 0.29) is 31.5 Å². The van der Waals surface area contributed by atoms with E-state index in [4.69, 9.17) is 10.5 Å². The quantitative estimate of drug-likeness (QED) is 0.408. The summed E-state index contributed by atoms with van der Waals surface area (Å²) in [5.74, 6) is 0.446. The smallest absolute Gasteiger partial charge is 0.416 e. The lowest BCUT2D eigenvalue weighted by atomic mass is 10.1. The van der Waals surface area contributed by atoms with Crippen LogP contribution in [0.4, 0.5) is 32.0 Å². The van der Waals surface area contributed by atoms with Gasteiger partial charge in [-0.3, -0.25) is 0 Å². The van der Waals surface area contributed by atoms with Crippen LogP contribution in [0.5, 0.6) is 5.75 Å². The highest BCUT2D eigenvalue weighted by atomic mass is 19.4. The first-order valence-electron chi connectivity index (χ1n) is 9.58. The van der Waals surface area contributed by atoms with E-state index >= 15 is 0 Å². The van der Waals surface area contributed by atoms with Crippen molar-refractivity contribution in [3.05, 3.63) is 94.5 Å². The molecule has 0 aliphatic rings. The molecule has 0 aliphatic heterocycles. The molecule has 0 unspecified atom stereocenters. The van der Waals surface area contributed by atoms with E-state index in [0.717, 1.165) is 11.1 Å². The fourth-order valence-electron chi connectivity index (χ4n) is 3.03. The van der Waals surface area contributed by atoms with Gasteiger partial charge in [-0.1, -0.05) is 36.4 Å². The van der Waals surface area contributed by atoms with E-state index in [1.165, 1.54) is 0 Å². The second kappa shape index (κ2) is 9.52. The van der Waals surface area contributed by atoms with E-state index in [9.17, 15) is 26.3 Å². The van der Waals surface area contributed by atoms with Crippen LogP contribution < -0.4 is 15.8 Å². The first kappa shape index (κ1) is 23.5. The van der Waals surface area contributed by atoms with E-state index in [0.29, 0.717) is 23.4 Å². The Hall–Kier alpha value is -3.20. The zero-order chi connectivity index (χ0) is 23.4. The lowest BCUT2D eigenvalue weighted by molar-refractivity contribution is -0.143. The summed E-state index contributed by atoms with van der Waals surface area (Å²) in [7, 11) is 0. The summed E-state index contributed by atoms with van der Waals surface area (Å²) in [6.45, 7) is 0.405. The molecule has 3 nitrogen and oxygen atoms in total. The number of hydrogen-bond acceptors (Lipinski definition) is 3. The van der Waals surface area contributed by atoms with Gasteiger partial charge in [0.2, 0.25) is 0 Å². The van der Waals surface area contributed by atoms with E-state index < -0.39 is 23.5 Å². The number of hydrogen-bond donors (Lipinski definition) is 2. The Labute approximate surface area is 180 Å². The Bertz CT molecular complexity index is 1020. The highest BCUT2D eigenvalue weighted by molar-refractivity contribution is 5.52. The van der Waals surface area contributed by atoms with Crippen molar-refractivity contribution in [3.63, 3.8) is 0 Å². The van der Waals surface area contributed by atoms with Crippen molar-refractivity contribution < 1.29 is 31.1 Å². The number of halogens is 6. The molecular weight excluding hydrogens is 434 g/mol. The van der Waals surface area contributed by atoms with Crippen LogP contribution in [-0.4, -0.2) is 0 Å². The monoisotopic (exact) mass is 454 g/mol. The van der Waals surface area contributed by atoms with Gasteiger partial charge in [0.1, 0.15) is 12.4 Å². The molecule has 0 atom stereocenters. The van der Waals surface area contributed by atoms with Crippen LogP contribution >= 0.6 is 0 Å². The Kier molecular flexibility index (Phi) is 6.98. The van der Waals surface area contributed by atoms with Crippen molar-refractivity contribution in [2.75, 3.05) is 5.32 Å². The van der Waals surface area contributed by atoms with E-state index in [1.807, 2.05) is 30.3 Å². The predicted octanol–water partition coefficient (Wildman–Crippen LogP) is 6.37. The minimum atomic E-state index is -4.92. The molecule has 0 saturated carbocycles. The summed E-state index contributed by atoms with van der Waals surface area (Å²) in [5, 5.41) is 2.66. The number of ether oxygens (including phenoxy) is 1. The second-order valence-electron chi connectivity index (χ2n) is 7.07. The van der Waals surface area contributed by atoms with Gasteiger partial charge in [0.15, 0.2) is 0 Å². The van der Waals surface area contributed by atoms with Gasteiger partial charge in [-0.15, -0.1) is 0 Å². The SMILES string of the molecule is NCc1ccc(OCc2ccccc2)c(CNc2cc(C(F)(F)F)cc(C(F)(F)F)c2)c1. The van der Waals surface area contributed by atoms with Crippen molar-refractivity contribution in [1.82, 2.24) is 0 Å². The predicted molar refractivity (Wildman–Crippen MR) is 109 cm³/mol. The molecule has 3 rings (SSSR count). The van der Waals surface area contributed by atoms with Crippen molar-refractivity contribution in [3.8, 4) is 5.75 Å². The van der Waals surface area contributed by atoms with Gasteiger partial charge in [0.25, 0.3) is 0 Å². The molecule has 170 valence electrons. The number of rotatable bonds is 7. The first-order chi connectivity index (χ1) is 15.1. The summed E-state index contributed by atoms with van der Waals surface area (Å²) in [6, 6.07) is 15.8. The molecule has 0 saturated heterocycles. The van der Waals surface area contributed by atoms with Crippen molar-refractivity contribution >= 4 is 5.69 Å². The molecule has 0 aromatic heterocycles. The van der Waals surface area contributed by atoms with Gasteiger partial charge in [-0.2, -0.15) is 26.3 Å². The zero-order valence-corrected chi connectivity index (χ0v) is 16.7. The van der Waals surface area contributed by atoms with Crippen LogP contribution in [-0.2, 0) is 32.0 Å². The fourth-order valence-corrected chi connectivity index (χ4v) is 3.03. The molecule has 0 aliphatic carbocycles. The summed E-state index contributed by atoms with van der Waals surface area (Å²) in [4.78, 5) is 0. The molecule has 3 aromatic rings. The van der Waals surface area contributed by atoms with Crippen LogP contribution in [0, 0.1) is 0 Å². The zero-order valence-electron chi connectivity index (χ0n) is 16.7. The highest BCUT2D eigenvalue weighted by Gasteiger charge is 2.36. The Morgan fingerprint density at radius 3 is 1.94 bits per heavy atom. The van der Waals surface area contributed by atoms with Crippen LogP contribution in [0.25, 0.3) is 0 Å². The van der Waals surface area contributed by atoms with Crippen LogP contribution in [0.15, 0.2) is 66.7 Å². The molecule has 3 N–H and O–H groups in total. The molecule has 0 amide bonds. The third-order valence-corrected chi connectivity index (χ3v) is 4.67. The molecule has 0 radical (unpaired) electrons. The largest absolute Gasteiger partial charge is 0.489 e. The van der Waals surface area contributed by atoms with Gasteiger partial charge >= 0.3 is 12.4 Å². The Morgan fingerprint density at radius 2 is 1.38 bits per heavy atom. The number of anilines is 1. The second-order valence-corrected chi connectivity index (χ2v) is 7.07. The normalized spacial score (nSPS) is 12.0. The standard InChI is InChI=1S/C23H20F6N2O/c24-22(25,26)18-9-19(23(27,28)29)11-20(10-18)31-13-17-8-16(12-30)6-7-21(17)32-14-15-4-2-1-3-5-15/h1-11,31H,12-14,30H2. The number of nitrogens with one attached hydrogen (secondary N) is 1. The molecular formula is C23H20F6N2O. The van der Waals surface area contributed by atoms with E-state index in [1.54, 1.807) is 18.2 Å². The van der Waals surface area contributed by atoms with Gasteiger partial charge in [0, 0.05) is 24.3 Å². The maximum Gasteiger partial charge on any atom is 0.416 e. The van der Waals surface area contributed by atoms with Gasteiger partial charge in [0.05, 0.1) is 11.1 Å². The molecule has 0 spiro atoms. The lowest BCUT2D eigenvalue weighted by Gasteiger charge is -2.17. The number of benzene rings is 3. The third-order valence-electron chi connectivity index (χ3n) is 4.67. The number of nitrogens with two attached hydrogens (primary N) is 1. The van der Waals surface area contributed by atoms with Gasteiger partial charge in [-0.25, -0.2) is 0 Å². The topological polar surface area (TPSA) is 47.3 Å². The van der Waals surface area contributed by atoms with Crippen molar-refractivity contribution in [2.24, 2.45) is 5.73 Å². The minimum Gasteiger partial charge on any atom is -0.489 e. The third kappa shape index (κ3) is 6.16. The van der Waals surface area contributed by atoms with E-state index in [2.05, 4.69) is 5.32 Å². The van der Waals surface area contributed by atoms with Crippen molar-refractivity contribution in [1.29, 1.82) is 0 Å². The maximum absolute atomic E-state index is 13.1.